The Labute approximate surface area is 131 Å². The molecule has 1 aromatic rings. The third-order valence-corrected chi connectivity index (χ3v) is 4.28. The second-order valence-corrected chi connectivity index (χ2v) is 6.40. The van der Waals surface area contributed by atoms with E-state index < -0.39 is 5.60 Å². The van der Waals surface area contributed by atoms with Crippen molar-refractivity contribution in [3.05, 3.63) is 18.0 Å². The lowest BCUT2D eigenvalue weighted by atomic mass is 9.92. The SMILES string of the molecule is CCCC1CC(C(=O)NCC(C)(O)c2cnn(C)c2)CCO1. The highest BCUT2D eigenvalue weighted by molar-refractivity contribution is 5.78. The molecule has 1 aliphatic heterocycles. The minimum atomic E-state index is -1.11. The summed E-state index contributed by atoms with van der Waals surface area (Å²) >= 11 is 0. The Balaban J connectivity index is 1.86. The Morgan fingerprint density at radius 3 is 3.05 bits per heavy atom. The van der Waals surface area contributed by atoms with Crippen LogP contribution in [0.4, 0.5) is 0 Å². The fourth-order valence-electron chi connectivity index (χ4n) is 2.85. The predicted octanol–water partition coefficient (Wildman–Crippen LogP) is 1.34. The first-order valence-electron chi connectivity index (χ1n) is 8.03. The average Bonchev–Trinajstić information content (AvgIpc) is 2.93. The third kappa shape index (κ3) is 4.30. The second kappa shape index (κ2) is 7.24. The molecule has 1 fully saturated rings. The van der Waals surface area contributed by atoms with Crippen LogP contribution >= 0.6 is 0 Å². The first-order chi connectivity index (χ1) is 10.4. The van der Waals surface area contributed by atoms with Crippen LogP contribution in [-0.2, 0) is 22.2 Å². The maximum Gasteiger partial charge on any atom is 0.223 e. The van der Waals surface area contributed by atoms with E-state index >= 15 is 0 Å². The van der Waals surface area contributed by atoms with E-state index in [9.17, 15) is 9.90 Å². The summed E-state index contributed by atoms with van der Waals surface area (Å²) in [5.41, 5.74) is -0.413. The number of nitrogens with one attached hydrogen (secondary N) is 1. The maximum absolute atomic E-state index is 12.3. The van der Waals surface area contributed by atoms with Gasteiger partial charge >= 0.3 is 0 Å². The number of amides is 1. The quantitative estimate of drug-likeness (QED) is 0.831. The van der Waals surface area contributed by atoms with Crippen molar-refractivity contribution in [2.45, 2.75) is 51.2 Å². The van der Waals surface area contributed by atoms with Crippen molar-refractivity contribution in [3.63, 3.8) is 0 Å². The first kappa shape index (κ1) is 17.0. The molecule has 0 saturated carbocycles. The normalized spacial score (nSPS) is 24.7. The van der Waals surface area contributed by atoms with Crippen molar-refractivity contribution in [1.82, 2.24) is 15.1 Å². The number of hydrogen-bond acceptors (Lipinski definition) is 4. The van der Waals surface area contributed by atoms with Crippen LogP contribution < -0.4 is 5.32 Å². The van der Waals surface area contributed by atoms with E-state index in [4.69, 9.17) is 4.74 Å². The monoisotopic (exact) mass is 309 g/mol. The minimum absolute atomic E-state index is 0.00793. The van der Waals surface area contributed by atoms with E-state index in [0.29, 0.717) is 12.2 Å². The molecular formula is C16H27N3O3. The van der Waals surface area contributed by atoms with Crippen LogP contribution in [-0.4, -0.2) is 40.0 Å². The fraction of sp³-hybridized carbons (Fsp3) is 0.750. The van der Waals surface area contributed by atoms with E-state index in [1.54, 1.807) is 31.0 Å². The lowest BCUT2D eigenvalue weighted by molar-refractivity contribution is -0.131. The van der Waals surface area contributed by atoms with Gasteiger partial charge in [0.2, 0.25) is 5.91 Å². The lowest BCUT2D eigenvalue weighted by Gasteiger charge is -2.30. The summed E-state index contributed by atoms with van der Waals surface area (Å²) in [6, 6.07) is 0. The Morgan fingerprint density at radius 1 is 1.64 bits per heavy atom. The number of rotatable bonds is 6. The van der Waals surface area contributed by atoms with Gasteiger partial charge in [-0.3, -0.25) is 9.48 Å². The third-order valence-electron chi connectivity index (χ3n) is 4.28. The number of nitrogens with zero attached hydrogens (tertiary/aromatic N) is 2. The molecular weight excluding hydrogens is 282 g/mol. The number of carbonyl (C=O) groups excluding carboxylic acids is 1. The van der Waals surface area contributed by atoms with Crippen LogP contribution in [0.3, 0.4) is 0 Å². The van der Waals surface area contributed by atoms with Gasteiger partial charge in [0.25, 0.3) is 0 Å². The molecule has 1 amide bonds. The van der Waals surface area contributed by atoms with E-state index in [0.717, 1.165) is 25.7 Å². The smallest absolute Gasteiger partial charge is 0.223 e. The fourth-order valence-corrected chi connectivity index (χ4v) is 2.85. The Morgan fingerprint density at radius 2 is 2.41 bits per heavy atom. The molecule has 1 saturated heterocycles. The number of hydrogen-bond donors (Lipinski definition) is 2. The zero-order valence-electron chi connectivity index (χ0n) is 13.7. The molecule has 6 nitrogen and oxygen atoms in total. The molecule has 1 aliphatic rings. The summed E-state index contributed by atoms with van der Waals surface area (Å²) in [5, 5.41) is 17.4. The number of aryl methyl sites for hydroxylation is 1. The minimum Gasteiger partial charge on any atom is -0.383 e. The molecule has 0 radical (unpaired) electrons. The highest BCUT2D eigenvalue weighted by Gasteiger charge is 2.30. The number of aromatic nitrogens is 2. The van der Waals surface area contributed by atoms with Gasteiger partial charge in [-0.05, 0) is 26.2 Å². The molecule has 0 bridgehead atoms. The van der Waals surface area contributed by atoms with E-state index in [2.05, 4.69) is 17.3 Å². The molecule has 3 atom stereocenters. The zero-order valence-corrected chi connectivity index (χ0v) is 13.7. The van der Waals surface area contributed by atoms with Crippen LogP contribution in [0.1, 0.15) is 45.1 Å². The summed E-state index contributed by atoms with van der Waals surface area (Å²) in [6.07, 6.45) is 7.16. The Bertz CT molecular complexity index is 497. The number of aliphatic hydroxyl groups is 1. The molecule has 6 heteroatoms. The molecule has 2 N–H and O–H groups in total. The predicted molar refractivity (Wildman–Crippen MR) is 83.2 cm³/mol. The van der Waals surface area contributed by atoms with Gasteiger partial charge in [-0.2, -0.15) is 5.10 Å². The van der Waals surface area contributed by atoms with Crippen LogP contribution in [0.25, 0.3) is 0 Å². The molecule has 1 aromatic heterocycles. The van der Waals surface area contributed by atoms with Gasteiger partial charge in [0, 0.05) is 31.3 Å². The highest BCUT2D eigenvalue weighted by Crippen LogP contribution is 2.24. The first-order valence-corrected chi connectivity index (χ1v) is 8.03. The van der Waals surface area contributed by atoms with Gasteiger partial charge in [-0.25, -0.2) is 0 Å². The second-order valence-electron chi connectivity index (χ2n) is 6.40. The van der Waals surface area contributed by atoms with Gasteiger partial charge < -0.3 is 15.2 Å². The molecule has 3 unspecified atom stereocenters. The summed E-state index contributed by atoms with van der Waals surface area (Å²) in [7, 11) is 1.80. The van der Waals surface area contributed by atoms with Gasteiger partial charge in [0.1, 0.15) is 5.60 Å². The largest absolute Gasteiger partial charge is 0.383 e. The number of ether oxygens (including phenoxy) is 1. The van der Waals surface area contributed by atoms with Gasteiger partial charge in [-0.15, -0.1) is 0 Å². The molecule has 22 heavy (non-hydrogen) atoms. The van der Waals surface area contributed by atoms with Crippen LogP contribution in [0.5, 0.6) is 0 Å². The standard InChI is InChI=1S/C16H27N3O3/c1-4-5-14-8-12(6-7-22-14)15(20)17-11-16(2,21)13-9-18-19(3)10-13/h9-10,12,14,21H,4-8,11H2,1-3H3,(H,17,20). The molecule has 0 spiro atoms. The van der Waals surface area contributed by atoms with Crippen molar-refractivity contribution < 1.29 is 14.6 Å². The molecule has 2 heterocycles. The Hall–Kier alpha value is -1.40. The summed E-state index contributed by atoms with van der Waals surface area (Å²) in [4.78, 5) is 12.3. The van der Waals surface area contributed by atoms with Gasteiger partial charge in [0.15, 0.2) is 0 Å². The molecule has 0 aliphatic carbocycles. The topological polar surface area (TPSA) is 76.4 Å². The van der Waals surface area contributed by atoms with Crippen molar-refractivity contribution in [1.29, 1.82) is 0 Å². The van der Waals surface area contributed by atoms with Crippen molar-refractivity contribution in [3.8, 4) is 0 Å². The molecule has 2 rings (SSSR count). The maximum atomic E-state index is 12.3. The van der Waals surface area contributed by atoms with Gasteiger partial charge in [0.05, 0.1) is 18.8 Å². The van der Waals surface area contributed by atoms with Crippen molar-refractivity contribution >= 4 is 5.91 Å². The Kier molecular flexibility index (Phi) is 5.58. The van der Waals surface area contributed by atoms with Crippen LogP contribution in [0, 0.1) is 5.92 Å². The zero-order chi connectivity index (χ0) is 16.2. The van der Waals surface area contributed by atoms with Crippen molar-refractivity contribution in [2.75, 3.05) is 13.2 Å². The van der Waals surface area contributed by atoms with Gasteiger partial charge in [-0.1, -0.05) is 13.3 Å². The summed E-state index contributed by atoms with van der Waals surface area (Å²) in [6.45, 7) is 4.64. The summed E-state index contributed by atoms with van der Waals surface area (Å²) in [5.74, 6) is -0.0106. The average molecular weight is 309 g/mol. The highest BCUT2D eigenvalue weighted by atomic mass is 16.5. The number of carbonyl (C=O) groups is 1. The lowest BCUT2D eigenvalue weighted by Crippen LogP contribution is -2.43. The molecule has 124 valence electrons. The van der Waals surface area contributed by atoms with E-state index in [1.807, 2.05) is 0 Å². The van der Waals surface area contributed by atoms with Crippen LogP contribution in [0.2, 0.25) is 0 Å². The summed E-state index contributed by atoms with van der Waals surface area (Å²) < 4.78 is 7.31. The van der Waals surface area contributed by atoms with Crippen molar-refractivity contribution in [2.24, 2.45) is 13.0 Å². The van der Waals surface area contributed by atoms with Crippen LogP contribution in [0.15, 0.2) is 12.4 Å². The van der Waals surface area contributed by atoms with E-state index in [1.165, 1.54) is 0 Å². The van der Waals surface area contributed by atoms with E-state index in [-0.39, 0.29) is 24.5 Å². The molecule has 0 aromatic carbocycles.